The van der Waals surface area contributed by atoms with Gasteiger partial charge in [0.05, 0.1) is 12.3 Å². The number of carbonyl (C=O) groups is 1. The van der Waals surface area contributed by atoms with Crippen LogP contribution in [0.1, 0.15) is 18.4 Å². The van der Waals surface area contributed by atoms with Crippen molar-refractivity contribution in [3.05, 3.63) is 53.8 Å². The molecule has 0 aliphatic carbocycles. The molecule has 136 valence electrons. The van der Waals surface area contributed by atoms with Crippen LogP contribution in [0.3, 0.4) is 0 Å². The maximum Gasteiger partial charge on any atom is 0.237 e. The first-order valence-electron chi connectivity index (χ1n) is 8.61. The fourth-order valence-corrected chi connectivity index (χ4v) is 2.99. The molecule has 1 unspecified atom stereocenters. The summed E-state index contributed by atoms with van der Waals surface area (Å²) >= 11 is 0. The summed E-state index contributed by atoms with van der Waals surface area (Å²) in [4.78, 5) is 18.7. The van der Waals surface area contributed by atoms with Crippen molar-refractivity contribution in [1.82, 2.24) is 0 Å². The summed E-state index contributed by atoms with van der Waals surface area (Å²) in [6.07, 6.45) is 1.61. The molecule has 1 aliphatic rings. The van der Waals surface area contributed by atoms with Crippen molar-refractivity contribution >= 4 is 29.2 Å². The standard InChI is InChI=1S/C20H22FN3O2/c1-3-24(10-11-26-2)16-7-5-15(6-8-16)22-13-18-17-9-4-14(21)12-19(17)23-20(18)25/h4-9,12-13,18H,3,10-11H2,1-2H3,(H,23,25). The van der Waals surface area contributed by atoms with Gasteiger partial charge in [-0.15, -0.1) is 0 Å². The highest BCUT2D eigenvalue weighted by Gasteiger charge is 2.29. The molecular weight excluding hydrogens is 333 g/mol. The first-order chi connectivity index (χ1) is 12.6. The Morgan fingerprint density at radius 2 is 2.04 bits per heavy atom. The smallest absolute Gasteiger partial charge is 0.237 e. The second kappa shape index (κ2) is 8.10. The second-order valence-electron chi connectivity index (χ2n) is 6.07. The van der Waals surface area contributed by atoms with Gasteiger partial charge in [0.2, 0.25) is 5.91 Å². The van der Waals surface area contributed by atoms with Crippen LogP contribution in [0.15, 0.2) is 47.5 Å². The quantitative estimate of drug-likeness (QED) is 0.770. The van der Waals surface area contributed by atoms with Crippen molar-refractivity contribution in [1.29, 1.82) is 0 Å². The highest BCUT2D eigenvalue weighted by atomic mass is 19.1. The molecule has 0 radical (unpaired) electrons. The fraction of sp³-hybridized carbons (Fsp3) is 0.300. The summed E-state index contributed by atoms with van der Waals surface area (Å²) in [5, 5.41) is 2.69. The first-order valence-corrected chi connectivity index (χ1v) is 8.61. The van der Waals surface area contributed by atoms with Gasteiger partial charge in [0.1, 0.15) is 11.7 Å². The van der Waals surface area contributed by atoms with Crippen LogP contribution in [0, 0.1) is 5.82 Å². The molecule has 0 aromatic heterocycles. The zero-order valence-electron chi connectivity index (χ0n) is 14.9. The van der Waals surface area contributed by atoms with Crippen LogP contribution in [0.25, 0.3) is 0 Å². The predicted molar refractivity (Wildman–Crippen MR) is 102 cm³/mol. The number of nitrogens with one attached hydrogen (secondary N) is 1. The maximum atomic E-state index is 13.3. The highest BCUT2D eigenvalue weighted by Crippen LogP contribution is 2.32. The second-order valence-corrected chi connectivity index (χ2v) is 6.07. The molecule has 0 spiro atoms. The third-order valence-corrected chi connectivity index (χ3v) is 4.43. The van der Waals surface area contributed by atoms with E-state index in [0.29, 0.717) is 12.3 Å². The molecule has 0 bridgehead atoms. The van der Waals surface area contributed by atoms with Crippen molar-refractivity contribution in [2.24, 2.45) is 4.99 Å². The predicted octanol–water partition coefficient (Wildman–Crippen LogP) is 3.74. The highest BCUT2D eigenvalue weighted by molar-refractivity contribution is 6.12. The van der Waals surface area contributed by atoms with Crippen molar-refractivity contribution < 1.29 is 13.9 Å². The van der Waals surface area contributed by atoms with E-state index in [2.05, 4.69) is 22.1 Å². The lowest BCUT2D eigenvalue weighted by molar-refractivity contribution is -0.115. The summed E-state index contributed by atoms with van der Waals surface area (Å²) in [5.74, 6) is -1.06. The lowest BCUT2D eigenvalue weighted by atomic mass is 10.0. The van der Waals surface area contributed by atoms with Gasteiger partial charge < -0.3 is 15.0 Å². The minimum Gasteiger partial charge on any atom is -0.383 e. The van der Waals surface area contributed by atoms with E-state index in [-0.39, 0.29) is 11.7 Å². The largest absolute Gasteiger partial charge is 0.383 e. The third-order valence-electron chi connectivity index (χ3n) is 4.43. The number of halogens is 1. The average molecular weight is 355 g/mol. The van der Waals surface area contributed by atoms with Crippen LogP contribution < -0.4 is 10.2 Å². The SMILES string of the molecule is CCN(CCOC)c1ccc(N=CC2C(=O)Nc3cc(F)ccc32)cc1. The summed E-state index contributed by atoms with van der Waals surface area (Å²) in [5.41, 5.74) is 3.12. The molecule has 0 saturated heterocycles. The van der Waals surface area contributed by atoms with Crippen LogP contribution in [0.4, 0.5) is 21.5 Å². The van der Waals surface area contributed by atoms with E-state index in [1.165, 1.54) is 12.1 Å². The number of anilines is 2. The number of nitrogens with zero attached hydrogens (tertiary/aromatic N) is 2. The van der Waals surface area contributed by atoms with Gasteiger partial charge in [-0.2, -0.15) is 0 Å². The number of hydrogen-bond donors (Lipinski definition) is 1. The van der Waals surface area contributed by atoms with E-state index in [0.717, 1.165) is 30.0 Å². The van der Waals surface area contributed by atoms with E-state index in [1.807, 2.05) is 24.3 Å². The summed E-state index contributed by atoms with van der Waals surface area (Å²) < 4.78 is 18.4. The fourth-order valence-electron chi connectivity index (χ4n) is 2.99. The lowest BCUT2D eigenvalue weighted by Crippen LogP contribution is -2.26. The van der Waals surface area contributed by atoms with E-state index in [4.69, 9.17) is 4.74 Å². The van der Waals surface area contributed by atoms with Crippen LogP contribution in [-0.2, 0) is 9.53 Å². The molecule has 0 fully saturated rings. The Labute approximate surface area is 152 Å². The van der Waals surface area contributed by atoms with Crippen molar-refractivity contribution in [3.8, 4) is 0 Å². The molecular formula is C20H22FN3O2. The molecule has 5 nitrogen and oxygen atoms in total. The Morgan fingerprint density at radius 1 is 1.27 bits per heavy atom. The van der Waals surface area contributed by atoms with E-state index in [9.17, 15) is 9.18 Å². The topological polar surface area (TPSA) is 53.9 Å². The van der Waals surface area contributed by atoms with Crippen LogP contribution in [0.2, 0.25) is 0 Å². The van der Waals surface area contributed by atoms with Gasteiger partial charge in [0.15, 0.2) is 0 Å². The first kappa shape index (κ1) is 18.1. The van der Waals surface area contributed by atoms with Crippen LogP contribution in [-0.4, -0.2) is 38.9 Å². The molecule has 26 heavy (non-hydrogen) atoms. The van der Waals surface area contributed by atoms with Gasteiger partial charge in [-0.1, -0.05) is 6.07 Å². The molecule has 2 aromatic carbocycles. The number of fused-ring (bicyclic) bond motifs is 1. The number of amides is 1. The van der Waals surface area contributed by atoms with E-state index >= 15 is 0 Å². The minimum absolute atomic E-state index is 0.192. The Kier molecular flexibility index (Phi) is 5.63. The third kappa shape index (κ3) is 3.91. The monoisotopic (exact) mass is 355 g/mol. The molecule has 1 N–H and O–H groups in total. The molecule has 6 heteroatoms. The normalized spacial score (nSPS) is 16.0. The van der Waals surface area contributed by atoms with Gasteiger partial charge >= 0.3 is 0 Å². The average Bonchev–Trinajstić information content (AvgIpc) is 2.95. The molecule has 1 aliphatic heterocycles. The maximum absolute atomic E-state index is 13.3. The van der Waals surface area contributed by atoms with Crippen LogP contribution in [0.5, 0.6) is 0 Å². The molecule has 1 amide bonds. The number of rotatable bonds is 7. The number of likely N-dealkylation sites (N-methyl/N-ethyl adjacent to an activating group) is 1. The van der Waals surface area contributed by atoms with Gasteiger partial charge in [-0.05, 0) is 48.9 Å². The lowest BCUT2D eigenvalue weighted by Gasteiger charge is -2.22. The number of ether oxygens (including phenoxy) is 1. The number of hydrogen-bond acceptors (Lipinski definition) is 4. The summed E-state index contributed by atoms with van der Waals surface area (Å²) in [6.45, 7) is 4.48. The van der Waals surface area contributed by atoms with Crippen molar-refractivity contribution in [2.45, 2.75) is 12.8 Å². The molecule has 2 aromatic rings. The van der Waals surface area contributed by atoms with Crippen LogP contribution >= 0.6 is 0 Å². The number of aliphatic imine (C=N–C) groups is 1. The zero-order chi connectivity index (χ0) is 18.5. The zero-order valence-corrected chi connectivity index (χ0v) is 14.9. The number of carbonyl (C=O) groups excluding carboxylic acids is 1. The molecule has 0 saturated carbocycles. The summed E-state index contributed by atoms with van der Waals surface area (Å²) in [7, 11) is 1.69. The van der Waals surface area contributed by atoms with Crippen molar-refractivity contribution in [3.63, 3.8) is 0 Å². The molecule has 3 rings (SSSR count). The van der Waals surface area contributed by atoms with Crippen molar-refractivity contribution in [2.75, 3.05) is 37.0 Å². The van der Waals surface area contributed by atoms with E-state index in [1.54, 1.807) is 19.4 Å². The van der Waals surface area contributed by atoms with Gasteiger partial charge in [0.25, 0.3) is 0 Å². The Balaban J connectivity index is 1.72. The van der Waals surface area contributed by atoms with E-state index < -0.39 is 5.92 Å². The Bertz CT molecular complexity index is 805. The number of methoxy groups -OCH3 is 1. The van der Waals surface area contributed by atoms with Gasteiger partial charge in [-0.3, -0.25) is 9.79 Å². The number of benzene rings is 2. The Morgan fingerprint density at radius 3 is 2.73 bits per heavy atom. The van der Waals surface area contributed by atoms with Gasteiger partial charge in [-0.25, -0.2) is 4.39 Å². The molecule has 1 atom stereocenters. The Hall–Kier alpha value is -2.73. The summed E-state index contributed by atoms with van der Waals surface area (Å²) in [6, 6.07) is 12.1. The minimum atomic E-state index is -0.501. The molecule has 1 heterocycles. The van der Waals surface area contributed by atoms with Gasteiger partial charge in [0, 0.05) is 37.8 Å².